The Morgan fingerprint density at radius 1 is 1.38 bits per heavy atom. The Morgan fingerprint density at radius 2 is 2.25 bits per heavy atom. The molecule has 1 aromatic carbocycles. The van der Waals surface area contributed by atoms with Gasteiger partial charge in [-0.15, -0.1) is 10.2 Å². The number of benzene rings is 1. The molecule has 0 atom stereocenters. The van der Waals surface area contributed by atoms with Gasteiger partial charge in [-0.1, -0.05) is 11.3 Å². The van der Waals surface area contributed by atoms with E-state index in [9.17, 15) is 4.39 Å². The number of rotatable bonds is 1. The Kier molecular flexibility index (Phi) is 1.87. The van der Waals surface area contributed by atoms with Crippen LogP contribution >= 0.6 is 11.3 Å². The van der Waals surface area contributed by atoms with E-state index in [-0.39, 0.29) is 5.82 Å². The summed E-state index contributed by atoms with van der Waals surface area (Å²) in [5.74, 6) is -0.357. The van der Waals surface area contributed by atoms with Gasteiger partial charge in [0.1, 0.15) is 17.2 Å². The molecule has 16 heavy (non-hydrogen) atoms. The maximum absolute atomic E-state index is 12.9. The first-order valence-corrected chi connectivity index (χ1v) is 5.28. The minimum Gasteiger partial charge on any atom is -0.398 e. The number of nitrogens with zero attached hydrogens (tertiary/aromatic N) is 4. The molecule has 2 heterocycles. The lowest BCUT2D eigenvalue weighted by Gasteiger charge is -2.00. The van der Waals surface area contributed by atoms with E-state index >= 15 is 0 Å². The number of nitrogens with two attached hydrogens (primary N) is 1. The number of anilines is 1. The molecule has 0 amide bonds. The highest BCUT2D eigenvalue weighted by Crippen LogP contribution is 2.29. The third-order valence-electron chi connectivity index (χ3n) is 2.13. The fraction of sp³-hybridized carbons (Fsp3) is 0. The fourth-order valence-corrected chi connectivity index (χ4v) is 2.26. The zero-order chi connectivity index (χ0) is 11.1. The number of nitrogen functional groups attached to an aromatic ring is 1. The molecule has 0 radical (unpaired) electrons. The molecule has 0 aliphatic carbocycles. The van der Waals surface area contributed by atoms with Crippen LogP contribution in [0.15, 0.2) is 24.5 Å². The average molecular weight is 235 g/mol. The minimum atomic E-state index is -0.357. The third-order valence-corrected chi connectivity index (χ3v) is 3.08. The average Bonchev–Trinajstić information content (AvgIpc) is 2.76. The van der Waals surface area contributed by atoms with Gasteiger partial charge in [-0.25, -0.2) is 4.39 Å². The summed E-state index contributed by atoms with van der Waals surface area (Å²) in [4.78, 5) is 0.679. The summed E-state index contributed by atoms with van der Waals surface area (Å²) in [6, 6.07) is 4.24. The van der Waals surface area contributed by atoms with Gasteiger partial charge in [-0.3, -0.25) is 0 Å². The largest absolute Gasteiger partial charge is 0.398 e. The van der Waals surface area contributed by atoms with Gasteiger partial charge in [-0.05, 0) is 18.2 Å². The second-order valence-electron chi connectivity index (χ2n) is 3.20. The quantitative estimate of drug-likeness (QED) is 0.650. The van der Waals surface area contributed by atoms with Gasteiger partial charge in [-0.2, -0.15) is 9.61 Å². The summed E-state index contributed by atoms with van der Waals surface area (Å²) in [6.07, 6.45) is 1.51. The van der Waals surface area contributed by atoms with E-state index in [1.54, 1.807) is 10.6 Å². The Morgan fingerprint density at radius 3 is 3.00 bits per heavy atom. The van der Waals surface area contributed by atoms with Crippen LogP contribution in [0.2, 0.25) is 0 Å². The first-order chi connectivity index (χ1) is 7.74. The molecule has 2 N–H and O–H groups in total. The molecule has 0 spiro atoms. The molecule has 0 saturated carbocycles. The molecule has 0 unspecified atom stereocenters. The van der Waals surface area contributed by atoms with Crippen molar-refractivity contribution in [3.63, 3.8) is 0 Å². The summed E-state index contributed by atoms with van der Waals surface area (Å²) in [7, 11) is 0. The number of aromatic nitrogens is 4. The van der Waals surface area contributed by atoms with E-state index in [4.69, 9.17) is 5.73 Å². The van der Waals surface area contributed by atoms with Crippen LogP contribution < -0.4 is 5.73 Å². The molecular weight excluding hydrogens is 229 g/mol. The van der Waals surface area contributed by atoms with Crippen molar-refractivity contribution in [1.29, 1.82) is 0 Å². The summed E-state index contributed by atoms with van der Waals surface area (Å²) in [5.41, 5.74) is 6.80. The Bertz CT molecular complexity index is 630. The minimum absolute atomic E-state index is 0.357. The topological polar surface area (TPSA) is 69.1 Å². The van der Waals surface area contributed by atoms with Crippen molar-refractivity contribution in [2.24, 2.45) is 0 Å². The molecule has 0 bridgehead atoms. The molecule has 3 rings (SSSR count). The van der Waals surface area contributed by atoms with E-state index in [2.05, 4.69) is 15.3 Å². The van der Waals surface area contributed by atoms with Crippen LogP contribution in [0.1, 0.15) is 0 Å². The Hall–Kier alpha value is -2.02. The van der Waals surface area contributed by atoms with E-state index in [0.29, 0.717) is 21.2 Å². The zero-order valence-corrected chi connectivity index (χ0v) is 8.78. The van der Waals surface area contributed by atoms with Gasteiger partial charge in [0, 0.05) is 11.3 Å². The number of hydrogen-bond donors (Lipinski definition) is 1. The summed E-state index contributed by atoms with van der Waals surface area (Å²) in [5, 5.41) is 12.5. The molecule has 2 aromatic heterocycles. The van der Waals surface area contributed by atoms with Crippen molar-refractivity contribution in [3.05, 3.63) is 30.3 Å². The van der Waals surface area contributed by atoms with Crippen molar-refractivity contribution in [2.45, 2.75) is 0 Å². The molecular formula is C9H6FN5S. The predicted octanol–water partition coefficient (Wildman–Crippen LogP) is 1.57. The lowest BCUT2D eigenvalue weighted by molar-refractivity contribution is 0.628. The molecule has 5 nitrogen and oxygen atoms in total. The van der Waals surface area contributed by atoms with Crippen molar-refractivity contribution < 1.29 is 4.39 Å². The highest BCUT2D eigenvalue weighted by atomic mass is 32.1. The standard InChI is InChI=1S/C9H6FN5S/c10-5-1-2-6(7(11)3-5)8-14-15-4-12-13-9(15)16-8/h1-4H,11H2. The van der Waals surface area contributed by atoms with Crippen molar-refractivity contribution in [1.82, 2.24) is 19.8 Å². The first-order valence-electron chi connectivity index (χ1n) is 4.46. The number of hydrogen-bond acceptors (Lipinski definition) is 5. The van der Waals surface area contributed by atoms with Crippen LogP contribution in [0, 0.1) is 5.82 Å². The van der Waals surface area contributed by atoms with Gasteiger partial charge in [0.2, 0.25) is 4.96 Å². The highest BCUT2D eigenvalue weighted by Gasteiger charge is 2.10. The zero-order valence-electron chi connectivity index (χ0n) is 7.96. The van der Waals surface area contributed by atoms with Gasteiger partial charge < -0.3 is 5.73 Å². The van der Waals surface area contributed by atoms with Crippen LogP contribution in [-0.2, 0) is 0 Å². The molecule has 80 valence electrons. The van der Waals surface area contributed by atoms with Gasteiger partial charge in [0.15, 0.2) is 0 Å². The third kappa shape index (κ3) is 1.33. The molecule has 0 aliphatic rings. The lowest BCUT2D eigenvalue weighted by Crippen LogP contribution is -1.91. The second-order valence-corrected chi connectivity index (χ2v) is 4.15. The monoisotopic (exact) mass is 235 g/mol. The van der Waals surface area contributed by atoms with E-state index < -0.39 is 0 Å². The number of fused-ring (bicyclic) bond motifs is 1. The molecule has 3 aromatic rings. The van der Waals surface area contributed by atoms with Gasteiger partial charge >= 0.3 is 0 Å². The molecule has 0 aliphatic heterocycles. The smallest absolute Gasteiger partial charge is 0.234 e. The van der Waals surface area contributed by atoms with Crippen molar-refractivity contribution in [2.75, 3.05) is 5.73 Å². The van der Waals surface area contributed by atoms with Crippen molar-refractivity contribution in [3.8, 4) is 10.6 Å². The normalized spacial score (nSPS) is 11.1. The van der Waals surface area contributed by atoms with Crippen LogP contribution in [0.25, 0.3) is 15.5 Å². The molecule has 7 heteroatoms. The second kappa shape index (κ2) is 3.24. The van der Waals surface area contributed by atoms with Gasteiger partial charge in [0.25, 0.3) is 0 Å². The Labute approximate surface area is 93.3 Å². The van der Waals surface area contributed by atoms with Crippen molar-refractivity contribution >= 4 is 22.0 Å². The summed E-state index contributed by atoms with van der Waals surface area (Å²) >= 11 is 1.35. The van der Waals surface area contributed by atoms with Gasteiger partial charge in [0.05, 0.1) is 0 Å². The van der Waals surface area contributed by atoms with E-state index in [0.717, 1.165) is 0 Å². The summed E-state index contributed by atoms with van der Waals surface area (Å²) in [6.45, 7) is 0. The van der Waals surface area contributed by atoms with Crippen LogP contribution in [-0.4, -0.2) is 19.8 Å². The van der Waals surface area contributed by atoms with E-state index in [1.807, 2.05) is 0 Å². The van der Waals surface area contributed by atoms with Crippen LogP contribution in [0.5, 0.6) is 0 Å². The number of halogens is 1. The predicted molar refractivity (Wildman–Crippen MR) is 58.5 cm³/mol. The highest BCUT2D eigenvalue weighted by molar-refractivity contribution is 7.19. The maximum Gasteiger partial charge on any atom is 0.234 e. The molecule has 0 fully saturated rings. The summed E-state index contributed by atoms with van der Waals surface area (Å²) < 4.78 is 14.4. The lowest BCUT2D eigenvalue weighted by atomic mass is 10.2. The van der Waals surface area contributed by atoms with Crippen LogP contribution in [0.4, 0.5) is 10.1 Å². The van der Waals surface area contributed by atoms with Crippen LogP contribution in [0.3, 0.4) is 0 Å². The Balaban J connectivity index is 2.19. The fourth-order valence-electron chi connectivity index (χ4n) is 1.40. The molecule has 0 saturated heterocycles. The van der Waals surface area contributed by atoms with E-state index in [1.165, 1.54) is 29.8 Å². The first kappa shape index (κ1) is 9.22. The maximum atomic E-state index is 12.9. The SMILES string of the molecule is Nc1cc(F)ccc1-c1nn2cnnc2s1.